The normalized spacial score (nSPS) is 11.4. The van der Waals surface area contributed by atoms with Crippen molar-refractivity contribution in [2.45, 2.75) is 32.4 Å². The lowest BCUT2D eigenvalue weighted by Gasteiger charge is -2.20. The molecule has 0 fully saturated rings. The zero-order valence-corrected chi connectivity index (χ0v) is 9.23. The predicted molar refractivity (Wildman–Crippen MR) is 55.5 cm³/mol. The van der Waals surface area contributed by atoms with Crippen molar-refractivity contribution in [1.82, 2.24) is 4.90 Å². The Labute approximate surface area is 85.9 Å². The zero-order chi connectivity index (χ0) is 9.40. The second kappa shape index (κ2) is 9.52. The van der Waals surface area contributed by atoms with Gasteiger partial charge in [0, 0.05) is 6.42 Å². The Morgan fingerprint density at radius 3 is 2.54 bits per heavy atom. The van der Waals surface area contributed by atoms with Gasteiger partial charge in [-0.15, -0.1) is 12.4 Å². The van der Waals surface area contributed by atoms with E-state index in [4.69, 9.17) is 10.2 Å². The van der Waals surface area contributed by atoms with Crippen molar-refractivity contribution in [3.8, 4) is 0 Å². The maximum absolute atomic E-state index is 6.55. The summed E-state index contributed by atoms with van der Waals surface area (Å²) in [7, 11) is 3.86. The molecule has 0 aliphatic carbocycles. The van der Waals surface area contributed by atoms with E-state index < -0.39 is 0 Å². The van der Waals surface area contributed by atoms with Gasteiger partial charge in [-0.05, 0) is 25.7 Å². The minimum atomic E-state index is -0.0252. The Balaban J connectivity index is 0. The smallest absolute Gasteiger partial charge is 0.181 e. The third kappa shape index (κ3) is 7.78. The van der Waals surface area contributed by atoms with E-state index in [9.17, 15) is 0 Å². The van der Waals surface area contributed by atoms with E-state index >= 15 is 0 Å². The molecule has 1 N–H and O–H groups in total. The Hall–Kier alpha value is -0.570. The molecule has 1 atom stereocenters. The van der Waals surface area contributed by atoms with E-state index in [1.807, 2.05) is 25.0 Å². The van der Waals surface area contributed by atoms with Crippen molar-refractivity contribution < 1.29 is 4.84 Å². The summed E-state index contributed by atoms with van der Waals surface area (Å²) in [6, 6.07) is 1.86. The van der Waals surface area contributed by atoms with Crippen molar-refractivity contribution in [3.05, 3.63) is 0 Å². The molecule has 4 nitrogen and oxygen atoms in total. The van der Waals surface area contributed by atoms with Crippen LogP contribution in [0.2, 0.25) is 0 Å². The van der Waals surface area contributed by atoms with Gasteiger partial charge in [-0.2, -0.15) is 0 Å². The highest BCUT2D eigenvalue weighted by Gasteiger charge is 2.10. The van der Waals surface area contributed by atoms with Gasteiger partial charge in [-0.1, -0.05) is 13.3 Å². The van der Waals surface area contributed by atoms with Crippen LogP contribution in [0, 0.1) is 5.41 Å². The molecule has 0 aliphatic heterocycles. The SMILES string of the molecule is CCCCC(ON=C=N)N(C)C.Cl. The number of hydrogen-bond donors (Lipinski definition) is 1. The Bertz CT molecular complexity index is 157. The van der Waals surface area contributed by atoms with E-state index in [-0.39, 0.29) is 18.6 Å². The fourth-order valence-electron chi connectivity index (χ4n) is 0.871. The van der Waals surface area contributed by atoms with E-state index in [2.05, 4.69) is 12.1 Å². The van der Waals surface area contributed by atoms with E-state index in [0.29, 0.717) is 0 Å². The number of nitrogens with zero attached hydrogens (tertiary/aromatic N) is 2. The maximum Gasteiger partial charge on any atom is 0.181 e. The van der Waals surface area contributed by atoms with Crippen LogP contribution in [0.4, 0.5) is 0 Å². The fraction of sp³-hybridized carbons (Fsp3) is 0.875. The summed E-state index contributed by atoms with van der Waals surface area (Å²) in [6.07, 6.45) is 3.16. The first kappa shape index (κ1) is 14.9. The average Bonchev–Trinajstić information content (AvgIpc) is 2.04. The molecule has 0 rings (SSSR count). The highest BCUT2D eigenvalue weighted by atomic mass is 35.5. The molecule has 0 spiro atoms. The first-order valence-electron chi connectivity index (χ1n) is 4.16. The number of nitrogens with one attached hydrogen (secondary N) is 1. The molecular weight excluding hydrogens is 190 g/mol. The van der Waals surface area contributed by atoms with Crippen LogP contribution in [0.5, 0.6) is 0 Å². The van der Waals surface area contributed by atoms with Crippen molar-refractivity contribution in [2.24, 2.45) is 5.16 Å². The van der Waals surface area contributed by atoms with Crippen LogP contribution in [0.25, 0.3) is 0 Å². The number of unbranched alkanes of at least 4 members (excludes halogenated alkanes) is 1. The van der Waals surface area contributed by atoms with E-state index in [1.54, 1.807) is 0 Å². The largest absolute Gasteiger partial charge is 0.368 e. The number of hydrogen-bond acceptors (Lipinski definition) is 4. The lowest BCUT2D eigenvalue weighted by Crippen LogP contribution is -2.29. The van der Waals surface area contributed by atoms with Crippen LogP contribution in [0.1, 0.15) is 26.2 Å². The standard InChI is InChI=1S/C8H17N3O.ClH/c1-4-5-6-8(11(2)3)12-10-7-9;/h8-9H,4-6H2,1-3H3;1H. The Morgan fingerprint density at radius 2 is 2.15 bits per heavy atom. The fourth-order valence-corrected chi connectivity index (χ4v) is 0.871. The number of rotatable bonds is 6. The minimum Gasteiger partial charge on any atom is -0.368 e. The zero-order valence-electron chi connectivity index (χ0n) is 8.41. The van der Waals surface area contributed by atoms with Gasteiger partial charge < -0.3 is 4.84 Å². The summed E-state index contributed by atoms with van der Waals surface area (Å²) in [5, 5.41) is 9.88. The predicted octanol–water partition coefficient (Wildman–Crippen LogP) is 2.17. The second-order valence-corrected chi connectivity index (χ2v) is 2.87. The Kier molecular flexibility index (Phi) is 10.9. The average molecular weight is 208 g/mol. The quantitative estimate of drug-likeness (QED) is 0.412. The highest BCUT2D eigenvalue weighted by molar-refractivity contribution is 5.85. The molecular formula is C8H18ClN3O. The van der Waals surface area contributed by atoms with Gasteiger partial charge in [0.15, 0.2) is 6.23 Å². The van der Waals surface area contributed by atoms with Crippen LogP contribution in [0.3, 0.4) is 0 Å². The van der Waals surface area contributed by atoms with Gasteiger partial charge in [0.05, 0.1) is 0 Å². The molecule has 0 aromatic rings. The third-order valence-electron chi connectivity index (χ3n) is 1.60. The molecule has 0 amide bonds. The summed E-state index contributed by atoms with van der Waals surface area (Å²) in [6.45, 7) is 2.13. The lowest BCUT2D eigenvalue weighted by atomic mass is 10.2. The van der Waals surface area contributed by atoms with Crippen LogP contribution < -0.4 is 0 Å². The molecule has 0 saturated carbocycles. The molecule has 0 saturated heterocycles. The van der Waals surface area contributed by atoms with Gasteiger partial charge in [0.25, 0.3) is 0 Å². The summed E-state index contributed by atoms with van der Waals surface area (Å²) in [4.78, 5) is 6.95. The summed E-state index contributed by atoms with van der Waals surface area (Å²) in [5.74, 6) is 0. The lowest BCUT2D eigenvalue weighted by molar-refractivity contribution is -0.0388. The first-order valence-corrected chi connectivity index (χ1v) is 4.16. The van der Waals surface area contributed by atoms with Gasteiger partial charge in [0.1, 0.15) is 6.01 Å². The van der Waals surface area contributed by atoms with Crippen molar-refractivity contribution >= 4 is 18.4 Å². The summed E-state index contributed by atoms with van der Waals surface area (Å²) >= 11 is 0. The van der Waals surface area contributed by atoms with Gasteiger partial charge in [-0.3, -0.25) is 4.90 Å². The summed E-state index contributed by atoms with van der Waals surface area (Å²) < 4.78 is 0. The van der Waals surface area contributed by atoms with Gasteiger partial charge >= 0.3 is 0 Å². The molecule has 0 aromatic heterocycles. The van der Waals surface area contributed by atoms with E-state index in [0.717, 1.165) is 19.3 Å². The van der Waals surface area contributed by atoms with Crippen LogP contribution in [0.15, 0.2) is 5.16 Å². The van der Waals surface area contributed by atoms with Crippen molar-refractivity contribution in [2.75, 3.05) is 14.1 Å². The second-order valence-electron chi connectivity index (χ2n) is 2.87. The molecule has 5 heteroatoms. The molecule has 13 heavy (non-hydrogen) atoms. The van der Waals surface area contributed by atoms with Crippen LogP contribution in [-0.4, -0.2) is 31.2 Å². The molecule has 0 aromatic carbocycles. The monoisotopic (exact) mass is 207 g/mol. The van der Waals surface area contributed by atoms with Crippen molar-refractivity contribution in [3.63, 3.8) is 0 Å². The summed E-state index contributed by atoms with van der Waals surface area (Å²) in [5.41, 5.74) is 0. The number of halogens is 1. The highest BCUT2D eigenvalue weighted by Crippen LogP contribution is 2.06. The molecule has 78 valence electrons. The first-order chi connectivity index (χ1) is 5.72. The van der Waals surface area contributed by atoms with Gasteiger partial charge in [0.2, 0.25) is 0 Å². The third-order valence-corrected chi connectivity index (χ3v) is 1.60. The van der Waals surface area contributed by atoms with Crippen LogP contribution >= 0.6 is 12.4 Å². The molecule has 0 heterocycles. The van der Waals surface area contributed by atoms with Crippen molar-refractivity contribution in [1.29, 1.82) is 5.41 Å². The topological polar surface area (TPSA) is 48.7 Å². The molecule has 0 radical (unpaired) electrons. The molecule has 1 unspecified atom stereocenters. The molecule has 0 bridgehead atoms. The maximum atomic E-state index is 6.55. The van der Waals surface area contributed by atoms with E-state index in [1.165, 1.54) is 0 Å². The van der Waals surface area contributed by atoms with Gasteiger partial charge in [-0.25, -0.2) is 5.41 Å². The Morgan fingerprint density at radius 1 is 1.54 bits per heavy atom. The molecule has 0 aliphatic rings. The van der Waals surface area contributed by atoms with Crippen LogP contribution in [-0.2, 0) is 4.84 Å². The minimum absolute atomic E-state index is 0.